The van der Waals surface area contributed by atoms with Crippen LogP contribution in [0.1, 0.15) is 31.0 Å². The number of ether oxygens (including phenoxy) is 3. The van der Waals surface area contributed by atoms with Crippen molar-refractivity contribution in [1.82, 2.24) is 9.80 Å². The quantitative estimate of drug-likeness (QED) is 0.207. The number of morpholine rings is 1. The van der Waals surface area contributed by atoms with Gasteiger partial charge in [-0.1, -0.05) is 38.6 Å². The van der Waals surface area contributed by atoms with Crippen molar-refractivity contribution in [3.8, 4) is 11.5 Å². The second kappa shape index (κ2) is 12.8. The zero-order valence-electron chi connectivity index (χ0n) is 22.1. The molecule has 0 aromatic heterocycles. The highest BCUT2D eigenvalue weighted by atomic mass is 16.5. The number of rotatable bonds is 11. The molecule has 2 aromatic rings. The molecule has 0 bridgehead atoms. The summed E-state index contributed by atoms with van der Waals surface area (Å²) in [6, 6.07) is 13.4. The van der Waals surface area contributed by atoms with E-state index in [1.807, 2.05) is 12.1 Å². The maximum Gasteiger partial charge on any atom is 0.295 e. The molecule has 0 aliphatic carbocycles. The van der Waals surface area contributed by atoms with E-state index in [-0.39, 0.29) is 11.3 Å². The minimum Gasteiger partial charge on any atom is -0.507 e. The van der Waals surface area contributed by atoms with Crippen LogP contribution in [0.2, 0.25) is 0 Å². The fraction of sp³-hybridized carbons (Fsp3) is 0.400. The predicted octanol–water partition coefficient (Wildman–Crippen LogP) is 4.04. The summed E-state index contributed by atoms with van der Waals surface area (Å²) in [5, 5.41) is 11.3. The van der Waals surface area contributed by atoms with Crippen molar-refractivity contribution in [2.45, 2.75) is 19.9 Å². The molecule has 1 unspecified atom stereocenters. The molecule has 4 rings (SSSR count). The summed E-state index contributed by atoms with van der Waals surface area (Å²) >= 11 is 0. The lowest BCUT2D eigenvalue weighted by Gasteiger charge is -2.31. The van der Waals surface area contributed by atoms with Gasteiger partial charge in [0.25, 0.3) is 11.7 Å². The first kappa shape index (κ1) is 27.4. The van der Waals surface area contributed by atoms with Crippen molar-refractivity contribution in [1.29, 1.82) is 0 Å². The molecule has 0 saturated carbocycles. The number of likely N-dealkylation sites (tertiary alicyclic amines) is 1. The van der Waals surface area contributed by atoms with Crippen LogP contribution >= 0.6 is 0 Å². The zero-order valence-corrected chi connectivity index (χ0v) is 22.1. The van der Waals surface area contributed by atoms with E-state index in [1.165, 1.54) is 0 Å². The number of carbonyl (C=O) groups excluding carboxylic acids is 2. The number of hydrogen-bond acceptors (Lipinski definition) is 7. The van der Waals surface area contributed by atoms with Crippen LogP contribution in [0.3, 0.4) is 0 Å². The fourth-order valence-corrected chi connectivity index (χ4v) is 4.56. The highest BCUT2D eigenvalue weighted by molar-refractivity contribution is 6.46. The molecule has 2 fully saturated rings. The third-order valence-corrected chi connectivity index (χ3v) is 6.58. The lowest BCUT2D eigenvalue weighted by atomic mass is 9.95. The van der Waals surface area contributed by atoms with Crippen LogP contribution in [0.15, 0.2) is 66.8 Å². The topological polar surface area (TPSA) is 88.5 Å². The van der Waals surface area contributed by atoms with E-state index >= 15 is 0 Å². The van der Waals surface area contributed by atoms with Crippen molar-refractivity contribution in [3.05, 3.63) is 77.9 Å². The number of aliphatic hydroxyl groups is 1. The first-order valence-corrected chi connectivity index (χ1v) is 13.0. The highest BCUT2D eigenvalue weighted by Crippen LogP contribution is 2.40. The van der Waals surface area contributed by atoms with Crippen LogP contribution < -0.4 is 9.47 Å². The average Bonchev–Trinajstić information content (AvgIpc) is 3.19. The van der Waals surface area contributed by atoms with Gasteiger partial charge in [-0.05, 0) is 47.9 Å². The minimum absolute atomic E-state index is 0.0765. The second-order valence-corrected chi connectivity index (χ2v) is 9.84. The van der Waals surface area contributed by atoms with E-state index in [1.54, 1.807) is 47.4 Å². The van der Waals surface area contributed by atoms with Gasteiger partial charge in [-0.15, -0.1) is 0 Å². The van der Waals surface area contributed by atoms with Crippen molar-refractivity contribution >= 4 is 17.4 Å². The number of amides is 1. The first-order chi connectivity index (χ1) is 18.4. The maximum atomic E-state index is 13.3. The van der Waals surface area contributed by atoms with Crippen LogP contribution in [0.4, 0.5) is 0 Å². The summed E-state index contributed by atoms with van der Waals surface area (Å²) in [6.45, 7) is 12.5. The van der Waals surface area contributed by atoms with E-state index in [0.29, 0.717) is 62.5 Å². The van der Waals surface area contributed by atoms with Crippen LogP contribution in [0, 0.1) is 5.92 Å². The lowest BCUT2D eigenvalue weighted by molar-refractivity contribution is -0.140. The van der Waals surface area contributed by atoms with Gasteiger partial charge in [0.05, 0.1) is 31.4 Å². The minimum atomic E-state index is -0.721. The number of Topliss-reactive ketones (excluding diaryl/α,β-unsaturated/α-hetero) is 1. The number of benzene rings is 2. The van der Waals surface area contributed by atoms with Crippen LogP contribution in [-0.4, -0.2) is 79.2 Å². The third kappa shape index (κ3) is 6.44. The van der Waals surface area contributed by atoms with Crippen molar-refractivity contribution < 1.29 is 28.9 Å². The molecular formula is C30H36N2O6. The Kier molecular flexibility index (Phi) is 9.20. The van der Waals surface area contributed by atoms with E-state index in [0.717, 1.165) is 18.7 Å². The van der Waals surface area contributed by atoms with Crippen LogP contribution in [-0.2, 0) is 14.3 Å². The number of carbonyl (C=O) groups is 2. The van der Waals surface area contributed by atoms with Crippen molar-refractivity contribution in [2.24, 2.45) is 5.92 Å². The van der Waals surface area contributed by atoms with Crippen LogP contribution in [0.5, 0.6) is 11.5 Å². The van der Waals surface area contributed by atoms with Gasteiger partial charge in [0, 0.05) is 31.7 Å². The smallest absolute Gasteiger partial charge is 0.295 e. The molecule has 2 aliphatic rings. The largest absolute Gasteiger partial charge is 0.507 e. The van der Waals surface area contributed by atoms with E-state index in [9.17, 15) is 14.7 Å². The lowest BCUT2D eigenvalue weighted by Crippen LogP contribution is -2.42. The molecule has 2 saturated heterocycles. The molecule has 2 aliphatic heterocycles. The first-order valence-electron chi connectivity index (χ1n) is 13.0. The Bertz CT molecular complexity index is 1150. The summed E-state index contributed by atoms with van der Waals surface area (Å²) in [7, 11) is 0. The monoisotopic (exact) mass is 520 g/mol. The van der Waals surface area contributed by atoms with Gasteiger partial charge in [0.15, 0.2) is 0 Å². The van der Waals surface area contributed by atoms with Gasteiger partial charge in [-0.3, -0.25) is 14.5 Å². The molecule has 0 spiro atoms. The number of aliphatic hydroxyl groups excluding tert-OH is 1. The van der Waals surface area contributed by atoms with E-state index < -0.39 is 17.7 Å². The van der Waals surface area contributed by atoms with Gasteiger partial charge >= 0.3 is 0 Å². The van der Waals surface area contributed by atoms with Gasteiger partial charge in [-0.25, -0.2) is 0 Å². The molecule has 38 heavy (non-hydrogen) atoms. The summed E-state index contributed by atoms with van der Waals surface area (Å²) < 4.78 is 16.8. The van der Waals surface area contributed by atoms with Gasteiger partial charge < -0.3 is 24.2 Å². The Morgan fingerprint density at radius 2 is 1.66 bits per heavy atom. The standard InChI is InChI=1S/C30H36N2O6/c1-4-17-37-24-9-5-22(6-10-24)27-26(28(33)23-7-11-25(12-8-23)38-20-21(2)3)29(34)30(35)32(27)14-13-31-15-18-36-19-16-31/h4-12,21,27,33H,1,13-20H2,2-3H3. The number of ketones is 1. The molecule has 1 amide bonds. The SMILES string of the molecule is C=CCOc1ccc(C2C(=C(O)c3ccc(OCC(C)C)cc3)C(=O)C(=O)N2CCN2CCOCC2)cc1. The van der Waals surface area contributed by atoms with Gasteiger partial charge in [0.1, 0.15) is 23.9 Å². The second-order valence-electron chi connectivity index (χ2n) is 9.84. The molecule has 1 atom stereocenters. The highest BCUT2D eigenvalue weighted by Gasteiger charge is 2.46. The summed E-state index contributed by atoms with van der Waals surface area (Å²) in [5.41, 5.74) is 1.24. The Balaban J connectivity index is 1.66. The van der Waals surface area contributed by atoms with Crippen LogP contribution in [0.25, 0.3) is 5.76 Å². The molecule has 2 heterocycles. The molecule has 202 valence electrons. The zero-order chi connectivity index (χ0) is 27.1. The Labute approximate surface area is 224 Å². The van der Waals surface area contributed by atoms with E-state index in [2.05, 4.69) is 25.3 Å². The summed E-state index contributed by atoms with van der Waals surface area (Å²) in [4.78, 5) is 30.3. The van der Waals surface area contributed by atoms with Crippen molar-refractivity contribution in [2.75, 3.05) is 52.6 Å². The predicted molar refractivity (Wildman–Crippen MR) is 145 cm³/mol. The maximum absolute atomic E-state index is 13.3. The Hall–Kier alpha value is -3.62. The number of hydrogen-bond donors (Lipinski definition) is 1. The Morgan fingerprint density at radius 1 is 1.03 bits per heavy atom. The summed E-state index contributed by atoms with van der Waals surface area (Å²) in [6.07, 6.45) is 1.66. The fourth-order valence-electron chi connectivity index (χ4n) is 4.56. The van der Waals surface area contributed by atoms with Gasteiger partial charge in [-0.2, -0.15) is 0 Å². The number of nitrogens with zero attached hydrogens (tertiary/aromatic N) is 2. The molecule has 8 nitrogen and oxygen atoms in total. The third-order valence-electron chi connectivity index (χ3n) is 6.58. The normalized spacial score (nSPS) is 19.7. The van der Waals surface area contributed by atoms with Crippen molar-refractivity contribution in [3.63, 3.8) is 0 Å². The molecule has 8 heteroatoms. The average molecular weight is 521 g/mol. The molecular weight excluding hydrogens is 484 g/mol. The van der Waals surface area contributed by atoms with Gasteiger partial charge in [0.2, 0.25) is 0 Å². The molecule has 1 N–H and O–H groups in total. The summed E-state index contributed by atoms with van der Waals surface area (Å²) in [5.74, 6) is 0.189. The molecule has 2 aromatic carbocycles. The van der Waals surface area contributed by atoms with E-state index in [4.69, 9.17) is 14.2 Å². The Morgan fingerprint density at radius 3 is 2.29 bits per heavy atom. The molecule has 0 radical (unpaired) electrons.